The minimum atomic E-state index is 0.560. The third-order valence-electron chi connectivity index (χ3n) is 2.69. The van der Waals surface area contributed by atoms with Crippen LogP contribution < -0.4 is 10.6 Å². The zero-order valence-corrected chi connectivity index (χ0v) is 10.6. The standard InChI is InChI=1S/C12H20N2S/c1-4-10(9-15-3)14(2)12-8-6-5-7-11(12)13/h5-8,10H,4,9,13H2,1-3H3. The number of benzene rings is 1. The maximum Gasteiger partial charge on any atom is 0.0600 e. The first-order chi connectivity index (χ1) is 7.20. The molecule has 0 aliphatic heterocycles. The van der Waals surface area contributed by atoms with Crippen LogP contribution in [0.3, 0.4) is 0 Å². The van der Waals surface area contributed by atoms with Gasteiger partial charge in [0.05, 0.1) is 11.4 Å². The molecule has 0 saturated carbocycles. The van der Waals surface area contributed by atoms with Crippen molar-refractivity contribution in [1.29, 1.82) is 0 Å². The molecular formula is C12H20N2S. The van der Waals surface area contributed by atoms with Crippen LogP contribution in [0.2, 0.25) is 0 Å². The predicted octanol–water partition coefficient (Wildman–Crippen LogP) is 2.85. The van der Waals surface area contributed by atoms with Crippen LogP contribution in [0.15, 0.2) is 24.3 Å². The number of hydrogen-bond donors (Lipinski definition) is 1. The molecule has 3 heteroatoms. The molecule has 0 bridgehead atoms. The van der Waals surface area contributed by atoms with Gasteiger partial charge < -0.3 is 10.6 Å². The van der Waals surface area contributed by atoms with Crippen LogP contribution in [0.25, 0.3) is 0 Å². The molecule has 0 aliphatic rings. The van der Waals surface area contributed by atoms with Crippen LogP contribution >= 0.6 is 11.8 Å². The van der Waals surface area contributed by atoms with Crippen LogP contribution in [0.5, 0.6) is 0 Å². The SMILES string of the molecule is CCC(CSC)N(C)c1ccccc1N. The summed E-state index contributed by atoms with van der Waals surface area (Å²) in [7, 11) is 2.12. The van der Waals surface area contributed by atoms with E-state index in [2.05, 4.69) is 31.2 Å². The van der Waals surface area contributed by atoms with Gasteiger partial charge in [-0.05, 0) is 24.8 Å². The summed E-state index contributed by atoms with van der Waals surface area (Å²) in [5, 5.41) is 0. The maximum atomic E-state index is 5.96. The Balaban J connectivity index is 2.82. The van der Waals surface area contributed by atoms with Gasteiger partial charge in [0.25, 0.3) is 0 Å². The van der Waals surface area contributed by atoms with E-state index >= 15 is 0 Å². The quantitative estimate of drug-likeness (QED) is 0.780. The highest BCUT2D eigenvalue weighted by atomic mass is 32.2. The van der Waals surface area contributed by atoms with Gasteiger partial charge >= 0.3 is 0 Å². The Morgan fingerprint density at radius 3 is 2.60 bits per heavy atom. The summed E-state index contributed by atoms with van der Waals surface area (Å²) in [5.41, 5.74) is 7.96. The molecule has 1 aromatic rings. The van der Waals surface area contributed by atoms with Crippen molar-refractivity contribution >= 4 is 23.1 Å². The van der Waals surface area contributed by atoms with Crippen molar-refractivity contribution in [3.8, 4) is 0 Å². The van der Waals surface area contributed by atoms with Gasteiger partial charge in [-0.2, -0.15) is 11.8 Å². The molecule has 1 rings (SSSR count). The van der Waals surface area contributed by atoms with Crippen molar-refractivity contribution in [2.75, 3.05) is 29.7 Å². The number of thioether (sulfide) groups is 1. The summed E-state index contributed by atoms with van der Waals surface area (Å²) in [4.78, 5) is 2.28. The van der Waals surface area contributed by atoms with Crippen LogP contribution in [0.4, 0.5) is 11.4 Å². The monoisotopic (exact) mass is 224 g/mol. The number of para-hydroxylation sites is 2. The molecule has 2 nitrogen and oxygen atoms in total. The fourth-order valence-electron chi connectivity index (χ4n) is 1.70. The molecule has 0 spiro atoms. The first-order valence-corrected chi connectivity index (χ1v) is 6.66. The van der Waals surface area contributed by atoms with Crippen molar-refractivity contribution in [3.05, 3.63) is 24.3 Å². The lowest BCUT2D eigenvalue weighted by Crippen LogP contribution is -2.33. The Kier molecular flexibility index (Phi) is 4.82. The summed E-state index contributed by atoms with van der Waals surface area (Å²) < 4.78 is 0. The molecule has 1 aromatic carbocycles. The molecule has 0 radical (unpaired) electrons. The van der Waals surface area contributed by atoms with Gasteiger partial charge in [0.1, 0.15) is 0 Å². The molecule has 0 fully saturated rings. The van der Waals surface area contributed by atoms with Crippen LogP contribution in [-0.2, 0) is 0 Å². The molecule has 1 unspecified atom stereocenters. The van der Waals surface area contributed by atoms with E-state index in [0.717, 1.165) is 23.5 Å². The van der Waals surface area contributed by atoms with Gasteiger partial charge in [-0.1, -0.05) is 19.1 Å². The first kappa shape index (κ1) is 12.2. The summed E-state index contributed by atoms with van der Waals surface area (Å²) in [6.07, 6.45) is 3.29. The lowest BCUT2D eigenvalue weighted by Gasteiger charge is -2.29. The van der Waals surface area contributed by atoms with Crippen LogP contribution in [-0.4, -0.2) is 25.1 Å². The molecule has 0 amide bonds. The van der Waals surface area contributed by atoms with Crippen molar-refractivity contribution in [1.82, 2.24) is 0 Å². The number of nitrogens with zero attached hydrogens (tertiary/aromatic N) is 1. The van der Waals surface area contributed by atoms with Gasteiger partial charge in [-0.15, -0.1) is 0 Å². The second-order valence-corrected chi connectivity index (χ2v) is 4.60. The summed E-state index contributed by atoms with van der Waals surface area (Å²) in [5.74, 6) is 1.14. The van der Waals surface area contributed by atoms with Gasteiger partial charge in [0.2, 0.25) is 0 Å². The van der Waals surface area contributed by atoms with Crippen molar-refractivity contribution in [2.24, 2.45) is 0 Å². The molecule has 0 aromatic heterocycles. The predicted molar refractivity (Wildman–Crippen MR) is 71.7 cm³/mol. The van der Waals surface area contributed by atoms with E-state index in [1.165, 1.54) is 0 Å². The highest BCUT2D eigenvalue weighted by molar-refractivity contribution is 7.98. The van der Waals surface area contributed by atoms with E-state index in [4.69, 9.17) is 5.73 Å². The average molecular weight is 224 g/mol. The molecule has 1 atom stereocenters. The van der Waals surface area contributed by atoms with E-state index in [1.54, 1.807) is 0 Å². The largest absolute Gasteiger partial charge is 0.397 e. The van der Waals surface area contributed by atoms with E-state index in [0.29, 0.717) is 6.04 Å². The Bertz CT molecular complexity index is 301. The molecule has 15 heavy (non-hydrogen) atoms. The molecule has 0 heterocycles. The fourth-order valence-corrected chi connectivity index (χ4v) is 2.55. The lowest BCUT2D eigenvalue weighted by atomic mass is 10.2. The van der Waals surface area contributed by atoms with E-state index < -0.39 is 0 Å². The van der Waals surface area contributed by atoms with E-state index in [9.17, 15) is 0 Å². The zero-order valence-electron chi connectivity index (χ0n) is 9.73. The molecule has 2 N–H and O–H groups in total. The number of nitrogens with two attached hydrogens (primary N) is 1. The second kappa shape index (κ2) is 5.91. The second-order valence-electron chi connectivity index (χ2n) is 3.69. The van der Waals surface area contributed by atoms with Gasteiger partial charge in [-0.25, -0.2) is 0 Å². The Labute approximate surface area is 96.8 Å². The van der Waals surface area contributed by atoms with Crippen molar-refractivity contribution in [3.63, 3.8) is 0 Å². The number of hydrogen-bond acceptors (Lipinski definition) is 3. The highest BCUT2D eigenvalue weighted by Crippen LogP contribution is 2.24. The number of rotatable bonds is 5. The van der Waals surface area contributed by atoms with Gasteiger partial charge in [0.15, 0.2) is 0 Å². The minimum absolute atomic E-state index is 0.560. The normalized spacial score (nSPS) is 12.5. The summed E-state index contributed by atoms with van der Waals surface area (Å²) in [6, 6.07) is 8.61. The molecule has 0 saturated heterocycles. The molecule has 84 valence electrons. The van der Waals surface area contributed by atoms with E-state index in [-0.39, 0.29) is 0 Å². The van der Waals surface area contributed by atoms with Gasteiger partial charge in [0, 0.05) is 18.8 Å². The smallest absolute Gasteiger partial charge is 0.0600 e. The third-order valence-corrected chi connectivity index (χ3v) is 3.41. The number of anilines is 2. The lowest BCUT2D eigenvalue weighted by molar-refractivity contribution is 0.674. The maximum absolute atomic E-state index is 5.96. The Morgan fingerprint density at radius 2 is 2.07 bits per heavy atom. The first-order valence-electron chi connectivity index (χ1n) is 5.27. The topological polar surface area (TPSA) is 29.3 Å². The average Bonchev–Trinajstić information content (AvgIpc) is 2.25. The van der Waals surface area contributed by atoms with Crippen molar-refractivity contribution < 1.29 is 0 Å². The third kappa shape index (κ3) is 3.06. The van der Waals surface area contributed by atoms with Crippen LogP contribution in [0, 0.1) is 0 Å². The van der Waals surface area contributed by atoms with Crippen molar-refractivity contribution in [2.45, 2.75) is 19.4 Å². The molecular weight excluding hydrogens is 204 g/mol. The highest BCUT2D eigenvalue weighted by Gasteiger charge is 2.14. The Hall–Kier alpha value is -0.830. The number of nitrogen functional groups attached to an aromatic ring is 1. The summed E-state index contributed by atoms with van der Waals surface area (Å²) >= 11 is 1.88. The van der Waals surface area contributed by atoms with E-state index in [1.807, 2.05) is 30.0 Å². The zero-order chi connectivity index (χ0) is 11.3. The minimum Gasteiger partial charge on any atom is -0.397 e. The van der Waals surface area contributed by atoms with Crippen LogP contribution in [0.1, 0.15) is 13.3 Å². The van der Waals surface area contributed by atoms with Gasteiger partial charge in [-0.3, -0.25) is 0 Å². The summed E-state index contributed by atoms with van der Waals surface area (Å²) in [6.45, 7) is 2.22. The fraction of sp³-hybridized carbons (Fsp3) is 0.500. The Morgan fingerprint density at radius 1 is 1.40 bits per heavy atom. The molecule has 0 aliphatic carbocycles.